The number of hydrogen-bond donors (Lipinski definition) is 1. The summed E-state index contributed by atoms with van der Waals surface area (Å²) in [4.78, 5) is 12.2. The van der Waals surface area contributed by atoms with E-state index in [2.05, 4.69) is 10.4 Å². The summed E-state index contributed by atoms with van der Waals surface area (Å²) in [7, 11) is 0. The van der Waals surface area contributed by atoms with Crippen molar-refractivity contribution < 1.29 is 9.18 Å². The van der Waals surface area contributed by atoms with Crippen molar-refractivity contribution in [3.05, 3.63) is 83.4 Å². The third-order valence-electron chi connectivity index (χ3n) is 3.49. The van der Waals surface area contributed by atoms with Crippen molar-refractivity contribution in [3.8, 4) is 0 Å². The zero-order valence-corrected chi connectivity index (χ0v) is 12.7. The van der Waals surface area contributed by atoms with Gasteiger partial charge in [0.25, 0.3) is 5.91 Å². The average Bonchev–Trinajstić information content (AvgIpc) is 3.04. The highest BCUT2D eigenvalue weighted by molar-refractivity contribution is 6.04. The molecule has 1 heterocycles. The molecule has 1 aromatic heterocycles. The van der Waals surface area contributed by atoms with E-state index in [1.54, 1.807) is 42.1 Å². The van der Waals surface area contributed by atoms with Crippen molar-refractivity contribution in [1.29, 1.82) is 0 Å². The lowest BCUT2D eigenvalue weighted by Crippen LogP contribution is -2.13. The number of carbonyl (C=O) groups excluding carboxylic acids is 1. The van der Waals surface area contributed by atoms with Crippen LogP contribution in [-0.2, 0) is 6.54 Å². The van der Waals surface area contributed by atoms with Crippen molar-refractivity contribution in [2.75, 3.05) is 5.32 Å². The van der Waals surface area contributed by atoms with Crippen molar-refractivity contribution >= 4 is 11.6 Å². The second-order valence-electron chi connectivity index (χ2n) is 5.34. The number of nitrogens with zero attached hydrogens (tertiary/aromatic N) is 2. The predicted octanol–water partition coefficient (Wildman–Crippen LogP) is 3.63. The summed E-state index contributed by atoms with van der Waals surface area (Å²) < 4.78 is 15.6. The number of halogens is 1. The van der Waals surface area contributed by atoms with Crippen LogP contribution in [0.4, 0.5) is 10.1 Å². The molecule has 0 aliphatic carbocycles. The smallest absolute Gasteiger partial charge is 0.255 e. The van der Waals surface area contributed by atoms with Gasteiger partial charge in [-0.05, 0) is 48.4 Å². The fourth-order valence-corrected chi connectivity index (χ4v) is 2.26. The molecular formula is C18H16FN3O. The summed E-state index contributed by atoms with van der Waals surface area (Å²) in [5, 5.41) is 6.72. The van der Waals surface area contributed by atoms with Crippen molar-refractivity contribution in [3.63, 3.8) is 0 Å². The maximum absolute atomic E-state index is 13.8. The Morgan fingerprint density at radius 2 is 2.00 bits per heavy atom. The second kappa shape index (κ2) is 6.44. The zero-order valence-electron chi connectivity index (χ0n) is 12.7. The summed E-state index contributed by atoms with van der Waals surface area (Å²) in [5.74, 6) is -0.771. The van der Waals surface area contributed by atoms with E-state index in [9.17, 15) is 9.18 Å². The van der Waals surface area contributed by atoms with Gasteiger partial charge in [-0.25, -0.2) is 4.39 Å². The van der Waals surface area contributed by atoms with Crippen LogP contribution in [0.15, 0.2) is 60.9 Å². The molecule has 0 atom stereocenters. The topological polar surface area (TPSA) is 46.9 Å². The zero-order chi connectivity index (χ0) is 16.2. The normalized spacial score (nSPS) is 10.5. The van der Waals surface area contributed by atoms with E-state index in [0.717, 1.165) is 11.1 Å². The summed E-state index contributed by atoms with van der Waals surface area (Å²) in [5.41, 5.74) is 2.51. The molecule has 0 bridgehead atoms. The first-order valence-electron chi connectivity index (χ1n) is 7.26. The number of rotatable bonds is 4. The van der Waals surface area contributed by atoms with Gasteiger partial charge in [-0.15, -0.1) is 0 Å². The van der Waals surface area contributed by atoms with Crippen LogP contribution in [0, 0.1) is 12.7 Å². The quantitative estimate of drug-likeness (QED) is 0.800. The third kappa shape index (κ3) is 3.63. The molecule has 0 fully saturated rings. The highest BCUT2D eigenvalue weighted by Crippen LogP contribution is 2.16. The molecule has 0 saturated heterocycles. The lowest BCUT2D eigenvalue weighted by atomic mass is 10.1. The monoisotopic (exact) mass is 309 g/mol. The number of hydrogen-bond acceptors (Lipinski definition) is 2. The molecule has 0 saturated carbocycles. The van der Waals surface area contributed by atoms with Gasteiger partial charge in [0, 0.05) is 18.0 Å². The Bertz CT molecular complexity index is 811. The van der Waals surface area contributed by atoms with Gasteiger partial charge in [0.05, 0.1) is 12.2 Å². The molecule has 1 amide bonds. The van der Waals surface area contributed by atoms with Gasteiger partial charge in [0.1, 0.15) is 5.82 Å². The highest BCUT2D eigenvalue weighted by atomic mass is 19.1. The summed E-state index contributed by atoms with van der Waals surface area (Å²) in [6, 6.07) is 13.7. The van der Waals surface area contributed by atoms with Gasteiger partial charge in [-0.3, -0.25) is 9.48 Å². The Hall–Kier alpha value is -2.95. The number of aromatic nitrogens is 2. The van der Waals surface area contributed by atoms with Crippen LogP contribution in [0.1, 0.15) is 21.5 Å². The molecule has 0 aliphatic heterocycles. The van der Waals surface area contributed by atoms with E-state index in [4.69, 9.17) is 0 Å². The molecule has 5 heteroatoms. The first kappa shape index (κ1) is 15.0. The first-order chi connectivity index (χ1) is 11.1. The average molecular weight is 309 g/mol. The molecule has 3 rings (SSSR count). The fourth-order valence-electron chi connectivity index (χ4n) is 2.26. The second-order valence-corrected chi connectivity index (χ2v) is 5.34. The minimum absolute atomic E-state index is 0.182. The predicted molar refractivity (Wildman–Crippen MR) is 86.9 cm³/mol. The van der Waals surface area contributed by atoms with Crippen LogP contribution in [0.3, 0.4) is 0 Å². The summed E-state index contributed by atoms with van der Waals surface area (Å²) in [6.07, 6.45) is 3.60. The molecule has 2 aromatic carbocycles. The summed E-state index contributed by atoms with van der Waals surface area (Å²) in [6.45, 7) is 2.44. The molecule has 0 unspecified atom stereocenters. The minimum atomic E-state index is -0.436. The minimum Gasteiger partial charge on any atom is -0.319 e. The van der Waals surface area contributed by atoms with E-state index in [0.29, 0.717) is 12.1 Å². The van der Waals surface area contributed by atoms with Gasteiger partial charge in [-0.1, -0.05) is 18.2 Å². The Kier molecular flexibility index (Phi) is 4.19. The van der Waals surface area contributed by atoms with E-state index in [1.165, 1.54) is 6.07 Å². The van der Waals surface area contributed by atoms with Gasteiger partial charge < -0.3 is 5.32 Å². The molecular weight excluding hydrogens is 293 g/mol. The number of benzene rings is 2. The van der Waals surface area contributed by atoms with E-state index in [-0.39, 0.29) is 11.6 Å². The third-order valence-corrected chi connectivity index (χ3v) is 3.49. The lowest BCUT2D eigenvalue weighted by molar-refractivity contribution is 0.102. The van der Waals surface area contributed by atoms with Crippen LogP contribution in [0.25, 0.3) is 0 Å². The van der Waals surface area contributed by atoms with Crippen LogP contribution in [0.2, 0.25) is 0 Å². The Morgan fingerprint density at radius 1 is 1.22 bits per heavy atom. The van der Waals surface area contributed by atoms with Crippen molar-refractivity contribution in [1.82, 2.24) is 9.78 Å². The van der Waals surface area contributed by atoms with Crippen LogP contribution >= 0.6 is 0 Å². The molecule has 23 heavy (non-hydrogen) atoms. The van der Waals surface area contributed by atoms with Crippen LogP contribution in [-0.4, -0.2) is 15.7 Å². The molecule has 0 aliphatic rings. The molecule has 1 N–H and O–H groups in total. The van der Waals surface area contributed by atoms with Crippen LogP contribution in [0.5, 0.6) is 0 Å². The van der Waals surface area contributed by atoms with E-state index < -0.39 is 5.82 Å². The number of amides is 1. The van der Waals surface area contributed by atoms with Gasteiger partial charge in [-0.2, -0.15) is 5.10 Å². The molecule has 116 valence electrons. The molecule has 0 spiro atoms. The van der Waals surface area contributed by atoms with E-state index >= 15 is 0 Å². The summed E-state index contributed by atoms with van der Waals surface area (Å²) >= 11 is 0. The van der Waals surface area contributed by atoms with E-state index in [1.807, 2.05) is 24.4 Å². The number of anilines is 1. The highest BCUT2D eigenvalue weighted by Gasteiger charge is 2.09. The Morgan fingerprint density at radius 3 is 2.65 bits per heavy atom. The van der Waals surface area contributed by atoms with Gasteiger partial charge >= 0.3 is 0 Å². The lowest BCUT2D eigenvalue weighted by Gasteiger charge is -2.08. The molecule has 4 nitrogen and oxygen atoms in total. The van der Waals surface area contributed by atoms with Crippen molar-refractivity contribution in [2.45, 2.75) is 13.5 Å². The fraction of sp³-hybridized carbons (Fsp3) is 0.111. The first-order valence-corrected chi connectivity index (χ1v) is 7.26. The number of nitrogens with one attached hydrogen (secondary N) is 1. The standard InChI is InChI=1S/C18H16FN3O/c1-13-3-8-17(16(19)11-13)21-18(23)15-6-4-14(5-7-15)12-22-10-2-9-20-22/h2-11H,12H2,1H3,(H,21,23). The largest absolute Gasteiger partial charge is 0.319 e. The number of aryl methyl sites for hydroxylation is 1. The number of carbonyl (C=O) groups is 1. The maximum Gasteiger partial charge on any atom is 0.255 e. The van der Waals surface area contributed by atoms with Gasteiger partial charge in [0.15, 0.2) is 0 Å². The SMILES string of the molecule is Cc1ccc(NC(=O)c2ccc(Cn3cccn3)cc2)c(F)c1. The Balaban J connectivity index is 1.70. The van der Waals surface area contributed by atoms with Crippen LogP contribution < -0.4 is 5.32 Å². The Labute approximate surface area is 133 Å². The van der Waals surface area contributed by atoms with Gasteiger partial charge in [0.2, 0.25) is 0 Å². The van der Waals surface area contributed by atoms with Crippen molar-refractivity contribution in [2.24, 2.45) is 0 Å². The maximum atomic E-state index is 13.8. The molecule has 0 radical (unpaired) electrons. The molecule has 3 aromatic rings.